The molecule has 0 aliphatic heterocycles. The molecule has 3 rings (SSSR count). The van der Waals surface area contributed by atoms with Crippen molar-refractivity contribution < 1.29 is 22.4 Å². The third-order valence-electron chi connectivity index (χ3n) is 6.56. The number of hydrogen-bond donors (Lipinski definition) is 1. The van der Waals surface area contributed by atoms with Crippen LogP contribution in [-0.4, -0.2) is 49.5 Å². The Morgan fingerprint density at radius 1 is 0.900 bits per heavy atom. The summed E-state index contributed by atoms with van der Waals surface area (Å²) in [5.41, 5.74) is 2.88. The first kappa shape index (κ1) is 30.8. The lowest BCUT2D eigenvalue weighted by molar-refractivity contribution is -0.140. The van der Waals surface area contributed by atoms with Crippen LogP contribution in [0, 0.1) is 19.7 Å². The molecule has 0 unspecified atom stereocenters. The molecule has 1 atom stereocenters. The van der Waals surface area contributed by atoms with Gasteiger partial charge < -0.3 is 10.2 Å². The Labute approximate surface area is 237 Å². The van der Waals surface area contributed by atoms with Gasteiger partial charge in [-0.3, -0.25) is 13.9 Å². The number of anilines is 1. The summed E-state index contributed by atoms with van der Waals surface area (Å²) >= 11 is 0. The number of amides is 2. The van der Waals surface area contributed by atoms with E-state index in [1.54, 1.807) is 31.2 Å². The van der Waals surface area contributed by atoms with Crippen molar-refractivity contribution in [2.45, 2.75) is 59.2 Å². The van der Waals surface area contributed by atoms with Gasteiger partial charge in [0.05, 0.1) is 11.9 Å². The van der Waals surface area contributed by atoms with E-state index in [-0.39, 0.29) is 18.9 Å². The molecule has 2 amide bonds. The Balaban J connectivity index is 2.09. The average molecular weight is 568 g/mol. The number of nitrogens with one attached hydrogen (secondary N) is 1. The van der Waals surface area contributed by atoms with Crippen LogP contribution >= 0.6 is 0 Å². The summed E-state index contributed by atoms with van der Waals surface area (Å²) in [6.45, 7) is 8.71. The van der Waals surface area contributed by atoms with Gasteiger partial charge in [-0.05, 0) is 75.1 Å². The predicted molar refractivity (Wildman–Crippen MR) is 157 cm³/mol. The van der Waals surface area contributed by atoms with Gasteiger partial charge in [0.15, 0.2) is 0 Å². The Kier molecular flexibility index (Phi) is 9.73. The molecule has 0 aromatic heterocycles. The van der Waals surface area contributed by atoms with Crippen LogP contribution in [0.25, 0.3) is 0 Å². The molecular formula is C31H38FN3O4S. The van der Waals surface area contributed by atoms with Crippen molar-refractivity contribution in [2.24, 2.45) is 0 Å². The quantitative estimate of drug-likeness (QED) is 0.383. The lowest BCUT2D eigenvalue weighted by atomic mass is 10.0. The number of sulfonamides is 1. The zero-order chi connectivity index (χ0) is 29.7. The third-order valence-corrected chi connectivity index (χ3v) is 7.69. The van der Waals surface area contributed by atoms with Crippen molar-refractivity contribution in [2.75, 3.05) is 17.1 Å². The lowest BCUT2D eigenvalue weighted by Gasteiger charge is -2.35. The van der Waals surface area contributed by atoms with Crippen molar-refractivity contribution >= 4 is 27.5 Å². The summed E-state index contributed by atoms with van der Waals surface area (Å²) < 4.78 is 40.7. The molecular weight excluding hydrogens is 529 g/mol. The van der Waals surface area contributed by atoms with Gasteiger partial charge in [-0.2, -0.15) is 0 Å². The van der Waals surface area contributed by atoms with Crippen molar-refractivity contribution in [1.82, 2.24) is 10.2 Å². The molecule has 3 aromatic carbocycles. The van der Waals surface area contributed by atoms with E-state index in [4.69, 9.17) is 0 Å². The van der Waals surface area contributed by atoms with Crippen LogP contribution in [0.5, 0.6) is 0 Å². The second kappa shape index (κ2) is 12.6. The standard InChI is InChI=1S/C31H38FN3O4S/c1-22-11-10-14-27(23(22)2)35(40(6,38)39)21-29(36)34(20-25-15-17-26(32)18-16-25)28(30(37)33-31(3,4)5)19-24-12-8-7-9-13-24/h7-18,28H,19-21H2,1-6H3,(H,33,37)/t28-/m0/s1. The molecule has 0 bridgehead atoms. The molecule has 1 N–H and O–H groups in total. The summed E-state index contributed by atoms with van der Waals surface area (Å²) in [7, 11) is -3.86. The molecule has 0 spiro atoms. The zero-order valence-electron chi connectivity index (χ0n) is 23.9. The third kappa shape index (κ3) is 8.39. The Bertz CT molecular complexity index is 1440. The zero-order valence-corrected chi connectivity index (χ0v) is 24.8. The van der Waals surface area contributed by atoms with Crippen molar-refractivity contribution in [3.63, 3.8) is 0 Å². The number of nitrogens with zero attached hydrogens (tertiary/aromatic N) is 2. The predicted octanol–water partition coefficient (Wildman–Crippen LogP) is 4.76. The second-order valence-corrected chi connectivity index (χ2v) is 13.0. The lowest BCUT2D eigenvalue weighted by Crippen LogP contribution is -2.56. The molecule has 0 saturated heterocycles. The number of carbonyl (C=O) groups excluding carboxylic acids is 2. The van der Waals surface area contributed by atoms with Gasteiger partial charge in [-0.25, -0.2) is 12.8 Å². The highest BCUT2D eigenvalue weighted by Gasteiger charge is 2.34. The minimum absolute atomic E-state index is 0.0153. The van der Waals surface area contributed by atoms with E-state index in [1.165, 1.54) is 17.0 Å². The molecule has 0 heterocycles. The number of carbonyl (C=O) groups is 2. The van der Waals surface area contributed by atoms with Crippen LogP contribution in [0.1, 0.15) is 43.0 Å². The molecule has 0 saturated carbocycles. The van der Waals surface area contributed by atoms with Gasteiger partial charge in [0.1, 0.15) is 18.4 Å². The SMILES string of the molecule is Cc1cccc(N(CC(=O)N(Cc2ccc(F)cc2)[C@@H](Cc2ccccc2)C(=O)NC(C)(C)C)S(C)(=O)=O)c1C. The topological polar surface area (TPSA) is 86.8 Å². The van der Waals surface area contributed by atoms with E-state index >= 15 is 0 Å². The fraction of sp³-hybridized carbons (Fsp3) is 0.355. The first-order valence-corrected chi connectivity index (χ1v) is 14.9. The number of halogens is 1. The minimum Gasteiger partial charge on any atom is -0.350 e. The van der Waals surface area contributed by atoms with Gasteiger partial charge in [0.25, 0.3) is 0 Å². The van der Waals surface area contributed by atoms with Crippen LogP contribution in [0.3, 0.4) is 0 Å². The molecule has 9 heteroatoms. The summed E-state index contributed by atoms with van der Waals surface area (Å²) in [6.07, 6.45) is 1.26. The highest BCUT2D eigenvalue weighted by Crippen LogP contribution is 2.26. The van der Waals surface area contributed by atoms with Crippen molar-refractivity contribution in [1.29, 1.82) is 0 Å². The highest BCUT2D eigenvalue weighted by atomic mass is 32.2. The second-order valence-electron chi connectivity index (χ2n) is 11.1. The maximum atomic E-state index is 14.1. The molecule has 3 aromatic rings. The van der Waals surface area contributed by atoms with Gasteiger partial charge in [0.2, 0.25) is 21.8 Å². The molecule has 0 aliphatic rings. The summed E-state index contributed by atoms with van der Waals surface area (Å²) in [5.74, 6) is -1.35. The summed E-state index contributed by atoms with van der Waals surface area (Å²) in [6, 6.07) is 19.3. The molecule has 40 heavy (non-hydrogen) atoms. The first-order chi connectivity index (χ1) is 18.7. The summed E-state index contributed by atoms with van der Waals surface area (Å²) in [4.78, 5) is 29.2. The van der Waals surface area contributed by atoms with Gasteiger partial charge >= 0.3 is 0 Å². The van der Waals surface area contributed by atoms with E-state index in [1.807, 2.05) is 64.1 Å². The van der Waals surface area contributed by atoms with Gasteiger partial charge in [0, 0.05) is 18.5 Å². The van der Waals surface area contributed by atoms with Crippen LogP contribution < -0.4 is 9.62 Å². The Hall–Kier alpha value is -3.72. The maximum Gasteiger partial charge on any atom is 0.244 e. The summed E-state index contributed by atoms with van der Waals surface area (Å²) in [5, 5.41) is 2.98. The van der Waals surface area contributed by atoms with Crippen molar-refractivity contribution in [3.05, 3.63) is 101 Å². The number of aryl methyl sites for hydroxylation is 1. The highest BCUT2D eigenvalue weighted by molar-refractivity contribution is 7.92. The molecule has 214 valence electrons. The van der Waals surface area contributed by atoms with Gasteiger partial charge in [-0.1, -0.05) is 54.6 Å². The molecule has 7 nitrogen and oxygen atoms in total. The van der Waals surface area contributed by atoms with Crippen molar-refractivity contribution in [3.8, 4) is 0 Å². The molecule has 0 radical (unpaired) electrons. The van der Waals surface area contributed by atoms with Crippen LogP contribution in [0.2, 0.25) is 0 Å². The van der Waals surface area contributed by atoms with E-state index in [0.29, 0.717) is 11.3 Å². The number of hydrogen-bond acceptors (Lipinski definition) is 4. The van der Waals surface area contributed by atoms with Crippen LogP contribution in [0.15, 0.2) is 72.8 Å². The van der Waals surface area contributed by atoms with E-state index in [2.05, 4.69) is 5.32 Å². The van der Waals surface area contributed by atoms with Crippen LogP contribution in [0.4, 0.5) is 10.1 Å². The monoisotopic (exact) mass is 567 g/mol. The molecule has 0 fully saturated rings. The average Bonchev–Trinajstić information content (AvgIpc) is 2.86. The van der Waals surface area contributed by atoms with E-state index < -0.39 is 39.9 Å². The van der Waals surface area contributed by atoms with Gasteiger partial charge in [-0.15, -0.1) is 0 Å². The van der Waals surface area contributed by atoms with Crippen LogP contribution in [-0.2, 0) is 32.6 Å². The minimum atomic E-state index is -3.86. The number of rotatable bonds is 10. The van der Waals surface area contributed by atoms with E-state index in [0.717, 1.165) is 27.3 Å². The first-order valence-electron chi connectivity index (χ1n) is 13.1. The maximum absolute atomic E-state index is 14.1. The smallest absolute Gasteiger partial charge is 0.244 e. The fourth-order valence-corrected chi connectivity index (χ4v) is 5.29. The Morgan fingerprint density at radius 2 is 1.52 bits per heavy atom. The fourth-order valence-electron chi connectivity index (χ4n) is 4.39. The normalized spacial score (nSPS) is 12.5. The van der Waals surface area contributed by atoms with E-state index in [9.17, 15) is 22.4 Å². The number of benzene rings is 3. The molecule has 0 aliphatic carbocycles. The Morgan fingerprint density at radius 3 is 2.10 bits per heavy atom. The largest absolute Gasteiger partial charge is 0.350 e.